The first-order valence-electron chi connectivity index (χ1n) is 8.99. The molecule has 1 spiro atoms. The maximum absolute atomic E-state index is 13.4. The molecule has 5 nitrogen and oxygen atoms in total. The molecule has 3 heterocycles. The highest BCUT2D eigenvalue weighted by Crippen LogP contribution is 2.36. The highest BCUT2D eigenvalue weighted by molar-refractivity contribution is 5.94. The van der Waals surface area contributed by atoms with Crippen molar-refractivity contribution in [3.05, 3.63) is 60.2 Å². The van der Waals surface area contributed by atoms with Crippen molar-refractivity contribution < 1.29 is 13.9 Å². The number of hydrogen-bond acceptors (Lipinski definition) is 4. The monoisotopic (exact) mass is 355 g/mol. The van der Waals surface area contributed by atoms with Gasteiger partial charge < -0.3 is 15.0 Å². The van der Waals surface area contributed by atoms with E-state index in [9.17, 15) is 9.18 Å². The molecule has 1 N–H and O–H groups in total. The van der Waals surface area contributed by atoms with Crippen LogP contribution in [0.5, 0.6) is 0 Å². The van der Waals surface area contributed by atoms with Crippen LogP contribution in [0.1, 0.15) is 29.6 Å². The summed E-state index contributed by atoms with van der Waals surface area (Å²) >= 11 is 0. The van der Waals surface area contributed by atoms with Crippen LogP contribution in [0.3, 0.4) is 0 Å². The number of ether oxygens (including phenoxy) is 1. The zero-order valence-electron chi connectivity index (χ0n) is 14.5. The van der Waals surface area contributed by atoms with E-state index in [0.717, 1.165) is 31.5 Å². The number of nitrogens with zero attached hydrogens (tertiary/aromatic N) is 2. The van der Waals surface area contributed by atoms with Crippen LogP contribution in [0.4, 0.5) is 10.1 Å². The number of pyridine rings is 1. The highest BCUT2D eigenvalue weighted by atomic mass is 19.1. The number of aromatic nitrogens is 1. The Hall–Kier alpha value is -2.47. The van der Waals surface area contributed by atoms with Crippen LogP contribution in [0.15, 0.2) is 48.8 Å². The summed E-state index contributed by atoms with van der Waals surface area (Å²) in [5, 5.41) is 3.35. The maximum Gasteiger partial charge on any atom is 0.254 e. The summed E-state index contributed by atoms with van der Waals surface area (Å²) in [7, 11) is 0. The molecule has 0 radical (unpaired) electrons. The molecule has 2 atom stereocenters. The lowest BCUT2D eigenvalue weighted by atomic mass is 9.88. The molecule has 136 valence electrons. The van der Waals surface area contributed by atoms with E-state index in [1.807, 2.05) is 11.0 Å². The van der Waals surface area contributed by atoms with Crippen LogP contribution < -0.4 is 5.32 Å². The van der Waals surface area contributed by atoms with Crippen LogP contribution in [0.2, 0.25) is 0 Å². The largest absolute Gasteiger partial charge is 0.380 e. The highest BCUT2D eigenvalue weighted by Gasteiger charge is 2.44. The predicted molar refractivity (Wildman–Crippen MR) is 96.5 cm³/mol. The average Bonchev–Trinajstić information content (AvgIpc) is 3.03. The quantitative estimate of drug-likeness (QED) is 0.919. The van der Waals surface area contributed by atoms with Crippen LogP contribution >= 0.6 is 0 Å². The topological polar surface area (TPSA) is 54.5 Å². The molecule has 0 aliphatic carbocycles. The number of amides is 1. The third-order valence-electron chi connectivity index (χ3n) is 5.16. The molecule has 0 unspecified atom stereocenters. The minimum atomic E-state index is -0.314. The van der Waals surface area contributed by atoms with Crippen molar-refractivity contribution in [3.8, 4) is 0 Å². The average molecular weight is 355 g/mol. The summed E-state index contributed by atoms with van der Waals surface area (Å²) in [6.45, 7) is 1.90. The van der Waals surface area contributed by atoms with Crippen LogP contribution in [-0.4, -0.2) is 47.1 Å². The number of benzene rings is 1. The van der Waals surface area contributed by atoms with Crippen molar-refractivity contribution >= 4 is 11.6 Å². The second-order valence-corrected chi connectivity index (χ2v) is 7.12. The van der Waals surface area contributed by atoms with Gasteiger partial charge in [0.05, 0.1) is 24.8 Å². The van der Waals surface area contributed by atoms with Crippen LogP contribution in [-0.2, 0) is 4.74 Å². The van der Waals surface area contributed by atoms with E-state index in [1.165, 1.54) is 12.1 Å². The zero-order valence-corrected chi connectivity index (χ0v) is 14.5. The van der Waals surface area contributed by atoms with Crippen molar-refractivity contribution in [1.29, 1.82) is 0 Å². The summed E-state index contributed by atoms with van der Waals surface area (Å²) in [6.07, 6.45) is 5.94. The van der Waals surface area contributed by atoms with E-state index in [1.54, 1.807) is 30.6 Å². The SMILES string of the molecule is O=C(c1ccncc1)N1CCC[C@@]2(C[C@@H](Nc3cccc(F)c3)CO2)C1. The van der Waals surface area contributed by atoms with Gasteiger partial charge >= 0.3 is 0 Å². The molecule has 2 aliphatic heterocycles. The number of carbonyl (C=O) groups is 1. The van der Waals surface area contributed by atoms with Gasteiger partial charge in [-0.15, -0.1) is 0 Å². The van der Waals surface area contributed by atoms with Gasteiger partial charge in [0.1, 0.15) is 5.82 Å². The van der Waals surface area contributed by atoms with Crippen molar-refractivity contribution in [2.75, 3.05) is 25.0 Å². The molecular formula is C20H22FN3O2. The molecule has 1 aromatic carbocycles. The molecule has 26 heavy (non-hydrogen) atoms. The van der Waals surface area contributed by atoms with Crippen molar-refractivity contribution in [3.63, 3.8) is 0 Å². The Morgan fingerprint density at radius 3 is 2.96 bits per heavy atom. The van der Waals surface area contributed by atoms with Gasteiger partial charge in [0.15, 0.2) is 0 Å². The molecule has 2 aromatic rings. The fourth-order valence-electron chi connectivity index (χ4n) is 3.98. The summed E-state index contributed by atoms with van der Waals surface area (Å²) in [5.41, 5.74) is 1.10. The number of piperidine rings is 1. The standard InChI is InChI=1S/C20H22FN3O2/c21-16-3-1-4-17(11-16)23-18-12-20(26-13-18)7-2-10-24(14-20)19(25)15-5-8-22-9-6-15/h1,3-6,8-9,11,18,23H,2,7,10,12-14H2/t18-,20-/m1/s1. The lowest BCUT2D eigenvalue weighted by Gasteiger charge is -2.39. The number of rotatable bonds is 3. The summed E-state index contributed by atoms with van der Waals surface area (Å²) in [4.78, 5) is 18.6. The Kier molecular flexibility index (Phi) is 4.59. The Labute approximate surface area is 152 Å². The molecule has 2 saturated heterocycles. The van der Waals surface area contributed by atoms with E-state index in [4.69, 9.17) is 4.74 Å². The van der Waals surface area contributed by atoms with Gasteiger partial charge in [0, 0.05) is 36.6 Å². The normalized spacial score (nSPS) is 25.4. The second kappa shape index (κ2) is 7.03. The summed E-state index contributed by atoms with van der Waals surface area (Å²) in [6, 6.07) is 10.1. The van der Waals surface area contributed by atoms with Crippen LogP contribution in [0, 0.1) is 5.82 Å². The number of nitrogens with one attached hydrogen (secondary N) is 1. The Balaban J connectivity index is 1.42. The molecule has 2 aliphatic rings. The maximum atomic E-state index is 13.4. The minimum absolute atomic E-state index is 0.0246. The zero-order chi connectivity index (χ0) is 18.0. The fourth-order valence-corrected chi connectivity index (χ4v) is 3.98. The third-order valence-corrected chi connectivity index (χ3v) is 5.16. The first kappa shape index (κ1) is 17.0. The lowest BCUT2D eigenvalue weighted by molar-refractivity contribution is -0.0447. The van der Waals surface area contributed by atoms with E-state index in [2.05, 4.69) is 10.3 Å². The molecular weight excluding hydrogens is 333 g/mol. The second-order valence-electron chi connectivity index (χ2n) is 7.12. The molecule has 1 aromatic heterocycles. The Bertz CT molecular complexity index is 786. The van der Waals surface area contributed by atoms with Crippen molar-refractivity contribution in [2.45, 2.75) is 30.9 Å². The van der Waals surface area contributed by atoms with Crippen molar-refractivity contribution in [2.24, 2.45) is 0 Å². The van der Waals surface area contributed by atoms with Gasteiger partial charge in [0.25, 0.3) is 5.91 Å². The first-order valence-corrected chi connectivity index (χ1v) is 8.99. The van der Waals surface area contributed by atoms with Crippen LogP contribution in [0.25, 0.3) is 0 Å². The lowest BCUT2D eigenvalue weighted by Crippen LogP contribution is -2.50. The molecule has 2 fully saturated rings. The number of carbonyl (C=O) groups excluding carboxylic acids is 1. The molecule has 1 amide bonds. The fraction of sp³-hybridized carbons (Fsp3) is 0.400. The summed E-state index contributed by atoms with van der Waals surface area (Å²) < 4.78 is 19.5. The van der Waals surface area contributed by atoms with Gasteiger partial charge in [-0.3, -0.25) is 9.78 Å². The first-order chi connectivity index (χ1) is 12.6. The number of hydrogen-bond donors (Lipinski definition) is 1. The van der Waals surface area contributed by atoms with Gasteiger partial charge in [-0.05, 0) is 43.2 Å². The molecule has 0 bridgehead atoms. The number of anilines is 1. The van der Waals surface area contributed by atoms with E-state index in [0.29, 0.717) is 18.7 Å². The number of halogens is 1. The summed E-state index contributed by atoms with van der Waals surface area (Å²) in [5.74, 6) is -0.230. The van der Waals surface area contributed by atoms with Gasteiger partial charge in [-0.1, -0.05) is 6.07 Å². The number of likely N-dealkylation sites (tertiary alicyclic amines) is 1. The van der Waals surface area contributed by atoms with Gasteiger partial charge in [0.2, 0.25) is 0 Å². The predicted octanol–water partition coefficient (Wildman–Crippen LogP) is 3.10. The molecule has 4 rings (SSSR count). The van der Waals surface area contributed by atoms with Crippen molar-refractivity contribution in [1.82, 2.24) is 9.88 Å². The van der Waals surface area contributed by atoms with Gasteiger partial charge in [-0.2, -0.15) is 0 Å². The Morgan fingerprint density at radius 1 is 1.31 bits per heavy atom. The van der Waals surface area contributed by atoms with E-state index < -0.39 is 0 Å². The minimum Gasteiger partial charge on any atom is -0.380 e. The van der Waals surface area contributed by atoms with E-state index >= 15 is 0 Å². The van der Waals surface area contributed by atoms with Gasteiger partial charge in [-0.25, -0.2) is 4.39 Å². The Morgan fingerprint density at radius 2 is 2.15 bits per heavy atom. The smallest absolute Gasteiger partial charge is 0.254 e. The molecule has 0 saturated carbocycles. The molecule has 6 heteroatoms. The van der Waals surface area contributed by atoms with E-state index in [-0.39, 0.29) is 23.4 Å². The third kappa shape index (κ3) is 3.55.